The summed E-state index contributed by atoms with van der Waals surface area (Å²) in [5.74, 6) is 1.45. The molecule has 0 radical (unpaired) electrons. The summed E-state index contributed by atoms with van der Waals surface area (Å²) in [6.07, 6.45) is 0. The first-order valence-corrected chi connectivity index (χ1v) is 6.73. The fourth-order valence-electron chi connectivity index (χ4n) is 1.95. The van der Waals surface area contributed by atoms with Crippen LogP contribution in [0.25, 0.3) is 0 Å². The van der Waals surface area contributed by atoms with E-state index in [9.17, 15) is 0 Å². The van der Waals surface area contributed by atoms with Gasteiger partial charge in [0.2, 0.25) is 5.88 Å². The highest BCUT2D eigenvalue weighted by Crippen LogP contribution is 2.15. The molecule has 0 aliphatic rings. The molecule has 1 N–H and O–H groups in total. The third kappa shape index (κ3) is 3.96. The van der Waals surface area contributed by atoms with Crippen LogP contribution in [0.2, 0.25) is 0 Å². The van der Waals surface area contributed by atoms with Crippen LogP contribution in [-0.4, -0.2) is 18.7 Å². The van der Waals surface area contributed by atoms with Gasteiger partial charge in [-0.1, -0.05) is 30.3 Å². The smallest absolute Gasteiger partial charge is 0.215 e. The number of aromatic nitrogens is 1. The molecule has 20 heavy (non-hydrogen) atoms. The lowest BCUT2D eigenvalue weighted by atomic mass is 10.1. The molecule has 0 spiro atoms. The van der Waals surface area contributed by atoms with E-state index in [4.69, 9.17) is 9.47 Å². The van der Waals surface area contributed by atoms with Crippen molar-refractivity contribution in [2.75, 3.05) is 19.0 Å². The number of hydrogen-bond donors (Lipinski definition) is 1. The second-order valence-electron chi connectivity index (χ2n) is 4.35. The molecule has 0 atom stereocenters. The zero-order valence-corrected chi connectivity index (χ0v) is 11.9. The van der Waals surface area contributed by atoms with Crippen molar-refractivity contribution in [2.45, 2.75) is 20.1 Å². The van der Waals surface area contributed by atoms with Gasteiger partial charge in [-0.05, 0) is 24.1 Å². The Morgan fingerprint density at radius 2 is 1.85 bits per heavy atom. The summed E-state index contributed by atoms with van der Waals surface area (Å²) in [6.45, 7) is 3.89. The minimum Gasteiger partial charge on any atom is -0.478 e. The first-order chi connectivity index (χ1) is 9.83. The molecule has 0 saturated heterocycles. The quantitative estimate of drug-likeness (QED) is 0.840. The van der Waals surface area contributed by atoms with Crippen LogP contribution >= 0.6 is 0 Å². The van der Waals surface area contributed by atoms with Crippen LogP contribution in [0.3, 0.4) is 0 Å². The predicted molar refractivity (Wildman–Crippen MR) is 79.9 cm³/mol. The number of hydrogen-bond acceptors (Lipinski definition) is 4. The monoisotopic (exact) mass is 272 g/mol. The number of nitrogens with one attached hydrogen (secondary N) is 1. The summed E-state index contributed by atoms with van der Waals surface area (Å²) in [7, 11) is 1.71. The van der Waals surface area contributed by atoms with Crippen molar-refractivity contribution in [1.29, 1.82) is 0 Å². The Bertz CT molecular complexity index is 544. The summed E-state index contributed by atoms with van der Waals surface area (Å²) in [4.78, 5) is 4.39. The number of methoxy groups -OCH3 is 1. The van der Waals surface area contributed by atoms with Gasteiger partial charge < -0.3 is 14.8 Å². The van der Waals surface area contributed by atoms with Crippen molar-refractivity contribution in [3.8, 4) is 5.88 Å². The highest BCUT2D eigenvalue weighted by atomic mass is 16.5. The summed E-state index contributed by atoms with van der Waals surface area (Å²) in [6, 6.07) is 13.9. The van der Waals surface area contributed by atoms with E-state index in [0.717, 1.165) is 5.82 Å². The molecule has 0 fully saturated rings. The van der Waals surface area contributed by atoms with Gasteiger partial charge in [-0.15, -0.1) is 0 Å². The van der Waals surface area contributed by atoms with E-state index in [0.29, 0.717) is 25.6 Å². The van der Waals surface area contributed by atoms with Crippen LogP contribution in [0.4, 0.5) is 5.82 Å². The van der Waals surface area contributed by atoms with E-state index in [1.165, 1.54) is 11.1 Å². The van der Waals surface area contributed by atoms with E-state index in [-0.39, 0.29) is 0 Å². The Morgan fingerprint density at radius 3 is 2.60 bits per heavy atom. The second-order valence-corrected chi connectivity index (χ2v) is 4.35. The number of anilines is 1. The van der Waals surface area contributed by atoms with E-state index >= 15 is 0 Å². The first kappa shape index (κ1) is 14.3. The fourth-order valence-corrected chi connectivity index (χ4v) is 1.95. The predicted octanol–water partition coefficient (Wildman–Crippen LogP) is 3.24. The van der Waals surface area contributed by atoms with E-state index in [1.54, 1.807) is 7.11 Å². The molecule has 106 valence electrons. The Labute approximate surface area is 119 Å². The summed E-state index contributed by atoms with van der Waals surface area (Å²) < 4.78 is 10.6. The average molecular weight is 272 g/mol. The van der Waals surface area contributed by atoms with Gasteiger partial charge in [-0.3, -0.25) is 0 Å². The van der Waals surface area contributed by atoms with E-state index < -0.39 is 0 Å². The Kier molecular flexibility index (Phi) is 5.38. The van der Waals surface area contributed by atoms with Crippen molar-refractivity contribution in [1.82, 2.24) is 4.98 Å². The first-order valence-electron chi connectivity index (χ1n) is 6.73. The molecule has 0 amide bonds. The van der Waals surface area contributed by atoms with Crippen LogP contribution in [0.1, 0.15) is 18.1 Å². The van der Waals surface area contributed by atoms with Crippen LogP contribution in [0.5, 0.6) is 5.88 Å². The van der Waals surface area contributed by atoms with Crippen molar-refractivity contribution in [3.63, 3.8) is 0 Å². The van der Waals surface area contributed by atoms with Crippen LogP contribution in [0.15, 0.2) is 42.5 Å². The molecule has 0 saturated carbocycles. The molecular weight excluding hydrogens is 252 g/mol. The highest BCUT2D eigenvalue weighted by molar-refractivity contribution is 5.39. The number of ether oxygens (including phenoxy) is 2. The van der Waals surface area contributed by atoms with Crippen LogP contribution < -0.4 is 10.1 Å². The third-order valence-corrected chi connectivity index (χ3v) is 2.89. The van der Waals surface area contributed by atoms with E-state index in [1.807, 2.05) is 37.3 Å². The molecule has 2 rings (SSSR count). The van der Waals surface area contributed by atoms with Crippen LogP contribution in [-0.2, 0) is 17.9 Å². The number of benzene rings is 1. The van der Waals surface area contributed by atoms with Crippen LogP contribution in [0, 0.1) is 0 Å². The van der Waals surface area contributed by atoms with Gasteiger partial charge in [-0.2, -0.15) is 4.98 Å². The number of rotatable bonds is 7. The van der Waals surface area contributed by atoms with Gasteiger partial charge >= 0.3 is 0 Å². The highest BCUT2D eigenvalue weighted by Gasteiger charge is 2.02. The molecule has 2 aromatic rings. The lowest BCUT2D eigenvalue weighted by molar-refractivity contribution is 0.184. The topological polar surface area (TPSA) is 43.4 Å². The minimum atomic E-state index is 0.615. The van der Waals surface area contributed by atoms with Crippen molar-refractivity contribution in [3.05, 3.63) is 53.6 Å². The molecule has 4 heteroatoms. The lowest BCUT2D eigenvalue weighted by Crippen LogP contribution is -2.05. The third-order valence-electron chi connectivity index (χ3n) is 2.89. The molecular formula is C16H20N2O2. The summed E-state index contributed by atoms with van der Waals surface area (Å²) in [5.41, 5.74) is 2.39. The van der Waals surface area contributed by atoms with Gasteiger partial charge in [0, 0.05) is 19.7 Å². The molecule has 1 aromatic carbocycles. The zero-order chi connectivity index (χ0) is 14.2. The Morgan fingerprint density at radius 1 is 1.05 bits per heavy atom. The van der Waals surface area contributed by atoms with Gasteiger partial charge in [0.25, 0.3) is 0 Å². The molecule has 0 aliphatic carbocycles. The Balaban J connectivity index is 2.03. The molecule has 4 nitrogen and oxygen atoms in total. The van der Waals surface area contributed by atoms with Crippen molar-refractivity contribution in [2.24, 2.45) is 0 Å². The van der Waals surface area contributed by atoms with E-state index in [2.05, 4.69) is 22.4 Å². The van der Waals surface area contributed by atoms with Gasteiger partial charge in [0.15, 0.2) is 0 Å². The fraction of sp³-hybridized carbons (Fsp3) is 0.312. The zero-order valence-electron chi connectivity index (χ0n) is 11.9. The largest absolute Gasteiger partial charge is 0.478 e. The molecule has 0 bridgehead atoms. The number of nitrogens with zero attached hydrogens (tertiary/aromatic N) is 1. The maximum Gasteiger partial charge on any atom is 0.215 e. The Hall–Kier alpha value is -2.07. The molecule has 0 unspecified atom stereocenters. The lowest BCUT2D eigenvalue weighted by Gasteiger charge is -2.11. The average Bonchev–Trinajstić information content (AvgIpc) is 2.47. The second kappa shape index (κ2) is 7.50. The SMILES string of the molecule is CCOc1cccc(NCc2ccccc2COC)n1. The summed E-state index contributed by atoms with van der Waals surface area (Å²) >= 11 is 0. The van der Waals surface area contributed by atoms with Crippen molar-refractivity contribution < 1.29 is 9.47 Å². The minimum absolute atomic E-state index is 0.615. The van der Waals surface area contributed by atoms with Gasteiger partial charge in [-0.25, -0.2) is 0 Å². The maximum absolute atomic E-state index is 5.39. The molecule has 1 heterocycles. The van der Waals surface area contributed by atoms with Gasteiger partial charge in [0.1, 0.15) is 5.82 Å². The summed E-state index contributed by atoms with van der Waals surface area (Å²) in [5, 5.41) is 3.31. The standard InChI is InChI=1S/C16H20N2O2/c1-3-20-16-10-6-9-15(18-16)17-11-13-7-4-5-8-14(13)12-19-2/h4-10H,3,11-12H2,1-2H3,(H,17,18). The number of pyridine rings is 1. The maximum atomic E-state index is 5.39. The molecule has 0 aliphatic heterocycles. The van der Waals surface area contributed by atoms with Gasteiger partial charge in [0.05, 0.1) is 13.2 Å². The molecule has 1 aromatic heterocycles. The van der Waals surface area contributed by atoms with Crippen molar-refractivity contribution >= 4 is 5.82 Å². The normalized spacial score (nSPS) is 10.3.